The lowest BCUT2D eigenvalue weighted by molar-refractivity contribution is 0.558. The molecule has 1 aromatic heterocycles. The minimum atomic E-state index is 0.850. The molecule has 0 N–H and O–H groups in total. The van der Waals surface area contributed by atoms with E-state index in [4.69, 9.17) is 4.42 Å². The fourth-order valence-electron chi connectivity index (χ4n) is 0.987. The zero-order chi connectivity index (χ0) is 8.39. The van der Waals surface area contributed by atoms with Crippen molar-refractivity contribution in [2.45, 2.75) is 4.90 Å². The minimum absolute atomic E-state index is 0.850. The summed E-state index contributed by atoms with van der Waals surface area (Å²) in [5.41, 5.74) is 1.89. The van der Waals surface area contributed by atoms with E-state index in [0.717, 1.165) is 16.2 Å². The summed E-state index contributed by atoms with van der Waals surface area (Å²) in [5, 5.41) is 0. The van der Waals surface area contributed by atoms with E-state index in [0.29, 0.717) is 0 Å². The molecule has 0 fully saturated rings. The number of aromatic nitrogens is 1. The van der Waals surface area contributed by atoms with Crippen LogP contribution in [-0.4, -0.2) is 4.98 Å². The highest BCUT2D eigenvalue weighted by atomic mass is 32.1. The molecule has 0 unspecified atom stereocenters. The third-order valence-electron chi connectivity index (χ3n) is 1.60. The van der Waals surface area contributed by atoms with Crippen LogP contribution >= 0.6 is 12.6 Å². The molecule has 2 aromatic rings. The first-order valence-electron chi connectivity index (χ1n) is 3.54. The van der Waals surface area contributed by atoms with E-state index in [1.54, 1.807) is 6.26 Å². The number of rotatable bonds is 1. The van der Waals surface area contributed by atoms with Crippen molar-refractivity contribution >= 4 is 12.6 Å². The van der Waals surface area contributed by atoms with Crippen LogP contribution in [0.4, 0.5) is 0 Å². The van der Waals surface area contributed by atoms with E-state index >= 15 is 0 Å². The second-order valence-corrected chi connectivity index (χ2v) is 2.94. The molecule has 0 saturated carbocycles. The Morgan fingerprint density at radius 1 is 1.17 bits per heavy atom. The molecule has 0 bridgehead atoms. The van der Waals surface area contributed by atoms with Crippen molar-refractivity contribution in [1.29, 1.82) is 0 Å². The molecule has 1 aromatic carbocycles. The predicted octanol–water partition coefficient (Wildman–Crippen LogP) is 2.63. The molecule has 2 rings (SSSR count). The fourth-order valence-corrected chi connectivity index (χ4v) is 1.14. The van der Waals surface area contributed by atoms with Crippen LogP contribution in [0.25, 0.3) is 11.3 Å². The van der Waals surface area contributed by atoms with Crippen LogP contribution < -0.4 is 0 Å². The summed E-state index contributed by atoms with van der Waals surface area (Å²) in [5.74, 6) is 0. The van der Waals surface area contributed by atoms with E-state index in [2.05, 4.69) is 17.6 Å². The zero-order valence-corrected chi connectivity index (χ0v) is 7.16. The van der Waals surface area contributed by atoms with Gasteiger partial charge in [0.05, 0.1) is 0 Å². The molecule has 0 aliphatic carbocycles. The van der Waals surface area contributed by atoms with E-state index in [9.17, 15) is 0 Å². The Kier molecular flexibility index (Phi) is 1.87. The highest BCUT2D eigenvalue weighted by molar-refractivity contribution is 7.80. The summed E-state index contributed by atoms with van der Waals surface area (Å²) in [6, 6.07) is 7.76. The maximum atomic E-state index is 4.87. The van der Waals surface area contributed by atoms with Crippen molar-refractivity contribution in [2.24, 2.45) is 0 Å². The maximum Gasteiger partial charge on any atom is 0.181 e. The molecular weight excluding hydrogens is 170 g/mol. The lowest BCUT2D eigenvalue weighted by Crippen LogP contribution is -1.75. The van der Waals surface area contributed by atoms with Gasteiger partial charge in [-0.25, -0.2) is 4.98 Å². The first-order chi connectivity index (χ1) is 5.86. The average Bonchev–Trinajstić information content (AvgIpc) is 2.58. The van der Waals surface area contributed by atoms with Gasteiger partial charge >= 0.3 is 0 Å². The molecule has 0 radical (unpaired) electrons. The Morgan fingerprint density at radius 2 is 1.92 bits per heavy atom. The summed E-state index contributed by atoms with van der Waals surface area (Å²) in [6.45, 7) is 0. The first-order valence-corrected chi connectivity index (χ1v) is 3.98. The molecule has 12 heavy (non-hydrogen) atoms. The van der Waals surface area contributed by atoms with Gasteiger partial charge in [0.2, 0.25) is 0 Å². The molecule has 0 saturated heterocycles. The van der Waals surface area contributed by atoms with Crippen LogP contribution in [0.3, 0.4) is 0 Å². The summed E-state index contributed by atoms with van der Waals surface area (Å²) in [7, 11) is 0. The maximum absolute atomic E-state index is 4.87. The lowest BCUT2D eigenvalue weighted by Gasteiger charge is -1.94. The summed E-state index contributed by atoms with van der Waals surface area (Å²) >= 11 is 4.19. The monoisotopic (exact) mass is 177 g/mol. The topological polar surface area (TPSA) is 26.0 Å². The molecule has 60 valence electrons. The van der Waals surface area contributed by atoms with Crippen LogP contribution in [0.15, 0.2) is 46.2 Å². The Balaban J connectivity index is 2.43. The van der Waals surface area contributed by atoms with E-state index in [1.807, 2.05) is 24.3 Å². The third kappa shape index (κ3) is 1.36. The Bertz CT molecular complexity index is 353. The van der Waals surface area contributed by atoms with Gasteiger partial charge in [-0.05, 0) is 12.1 Å². The second-order valence-electron chi connectivity index (χ2n) is 2.42. The average molecular weight is 177 g/mol. The van der Waals surface area contributed by atoms with Crippen molar-refractivity contribution in [2.75, 3.05) is 0 Å². The molecule has 0 atom stereocenters. The number of benzene rings is 1. The van der Waals surface area contributed by atoms with Crippen molar-refractivity contribution in [3.8, 4) is 11.3 Å². The number of hydrogen-bond acceptors (Lipinski definition) is 3. The van der Waals surface area contributed by atoms with Crippen molar-refractivity contribution in [1.82, 2.24) is 4.98 Å². The normalized spacial score (nSPS) is 10.1. The van der Waals surface area contributed by atoms with Crippen molar-refractivity contribution in [3.63, 3.8) is 0 Å². The largest absolute Gasteiger partial charge is 0.451 e. The van der Waals surface area contributed by atoms with Gasteiger partial charge in [-0.1, -0.05) is 12.1 Å². The molecule has 1 heterocycles. The standard InChI is InChI=1S/C9H7NOS/c12-8-3-1-7(2-4-8)9-5-11-6-10-9/h1-6,12H. The molecule has 0 aliphatic heterocycles. The number of oxazole rings is 1. The number of nitrogens with zero attached hydrogens (tertiary/aromatic N) is 1. The lowest BCUT2D eigenvalue weighted by atomic mass is 10.2. The number of thiol groups is 1. The highest BCUT2D eigenvalue weighted by Crippen LogP contribution is 2.18. The Hall–Kier alpha value is -1.22. The van der Waals surface area contributed by atoms with Crippen molar-refractivity contribution in [3.05, 3.63) is 36.9 Å². The molecule has 0 spiro atoms. The first kappa shape index (κ1) is 7.43. The van der Waals surface area contributed by atoms with Gasteiger partial charge in [-0.2, -0.15) is 0 Å². The number of hydrogen-bond donors (Lipinski definition) is 1. The summed E-state index contributed by atoms with van der Waals surface area (Å²) < 4.78 is 4.87. The fraction of sp³-hybridized carbons (Fsp3) is 0. The Morgan fingerprint density at radius 3 is 2.50 bits per heavy atom. The van der Waals surface area contributed by atoms with Gasteiger partial charge in [-0.15, -0.1) is 12.6 Å². The quantitative estimate of drug-likeness (QED) is 0.677. The zero-order valence-electron chi connectivity index (χ0n) is 6.27. The van der Waals surface area contributed by atoms with Gasteiger partial charge in [0.15, 0.2) is 6.39 Å². The van der Waals surface area contributed by atoms with Gasteiger partial charge in [0, 0.05) is 10.5 Å². The molecule has 0 amide bonds. The van der Waals surface area contributed by atoms with E-state index < -0.39 is 0 Å². The SMILES string of the molecule is Sc1ccc(-c2cocn2)cc1. The summed E-state index contributed by atoms with van der Waals surface area (Å²) in [6.07, 6.45) is 3.04. The highest BCUT2D eigenvalue weighted by Gasteiger charge is 1.98. The second kappa shape index (κ2) is 3.03. The molecule has 3 heteroatoms. The van der Waals surface area contributed by atoms with Crippen LogP contribution in [0, 0.1) is 0 Å². The van der Waals surface area contributed by atoms with Gasteiger partial charge in [0.25, 0.3) is 0 Å². The van der Waals surface area contributed by atoms with Crippen LogP contribution in [0.5, 0.6) is 0 Å². The third-order valence-corrected chi connectivity index (χ3v) is 1.89. The van der Waals surface area contributed by atoms with Crippen LogP contribution in [0.1, 0.15) is 0 Å². The van der Waals surface area contributed by atoms with Gasteiger partial charge in [0.1, 0.15) is 12.0 Å². The predicted molar refractivity (Wildman–Crippen MR) is 49.2 cm³/mol. The smallest absolute Gasteiger partial charge is 0.181 e. The van der Waals surface area contributed by atoms with Crippen LogP contribution in [0.2, 0.25) is 0 Å². The summed E-state index contributed by atoms with van der Waals surface area (Å²) in [4.78, 5) is 4.97. The molecule has 0 aliphatic rings. The van der Waals surface area contributed by atoms with Crippen molar-refractivity contribution < 1.29 is 4.42 Å². The molecule has 2 nitrogen and oxygen atoms in total. The van der Waals surface area contributed by atoms with Gasteiger partial charge in [-0.3, -0.25) is 0 Å². The Labute approximate surface area is 75.7 Å². The minimum Gasteiger partial charge on any atom is -0.451 e. The van der Waals surface area contributed by atoms with Gasteiger partial charge < -0.3 is 4.42 Å². The molecular formula is C9H7NOS. The van der Waals surface area contributed by atoms with Crippen LogP contribution in [-0.2, 0) is 0 Å². The van der Waals surface area contributed by atoms with E-state index in [1.165, 1.54) is 6.39 Å². The van der Waals surface area contributed by atoms with E-state index in [-0.39, 0.29) is 0 Å².